The molecule has 7 heteroatoms. The van der Waals surface area contributed by atoms with Gasteiger partial charge >= 0.3 is 0 Å². The molecule has 3 rings (SSSR count). The quantitative estimate of drug-likeness (QED) is 0.760. The molecule has 2 aromatic rings. The van der Waals surface area contributed by atoms with Gasteiger partial charge in [-0.25, -0.2) is 4.39 Å². The van der Waals surface area contributed by atoms with Crippen molar-refractivity contribution >= 4 is 40.7 Å². The van der Waals surface area contributed by atoms with Crippen LogP contribution in [0.2, 0.25) is 10.0 Å². The van der Waals surface area contributed by atoms with Gasteiger partial charge in [0.25, 0.3) is 5.91 Å². The average molecular weight is 395 g/mol. The molecule has 2 amide bonds. The SMILES string of the molecule is Cc1ccc(F)c(N2CCN(C(=O)c3ccc(Cl)c(Cl)c3)[C@H](C)C2=O)c1. The molecule has 0 bridgehead atoms. The summed E-state index contributed by atoms with van der Waals surface area (Å²) < 4.78 is 14.2. The first-order valence-electron chi connectivity index (χ1n) is 8.13. The number of amides is 2. The second kappa shape index (κ2) is 7.25. The van der Waals surface area contributed by atoms with E-state index in [-0.39, 0.29) is 29.1 Å². The molecule has 1 saturated heterocycles. The van der Waals surface area contributed by atoms with Crippen LogP contribution in [0.3, 0.4) is 0 Å². The first-order valence-corrected chi connectivity index (χ1v) is 8.88. The minimum Gasteiger partial charge on any atom is -0.325 e. The monoisotopic (exact) mass is 394 g/mol. The summed E-state index contributed by atoms with van der Waals surface area (Å²) in [4.78, 5) is 28.4. The highest BCUT2D eigenvalue weighted by Gasteiger charge is 2.36. The number of aryl methyl sites for hydroxylation is 1. The highest BCUT2D eigenvalue weighted by Crippen LogP contribution is 2.27. The van der Waals surface area contributed by atoms with Crippen molar-refractivity contribution in [1.29, 1.82) is 0 Å². The Labute approximate surface area is 161 Å². The van der Waals surface area contributed by atoms with Gasteiger partial charge in [-0.3, -0.25) is 9.59 Å². The van der Waals surface area contributed by atoms with Gasteiger partial charge in [0, 0.05) is 18.7 Å². The van der Waals surface area contributed by atoms with E-state index in [2.05, 4.69) is 0 Å². The Morgan fingerprint density at radius 3 is 2.54 bits per heavy atom. The number of halogens is 3. The fraction of sp³-hybridized carbons (Fsp3) is 0.263. The molecular weight excluding hydrogens is 378 g/mol. The Morgan fingerprint density at radius 2 is 1.85 bits per heavy atom. The van der Waals surface area contributed by atoms with Crippen molar-refractivity contribution in [1.82, 2.24) is 4.90 Å². The fourth-order valence-electron chi connectivity index (χ4n) is 3.01. The van der Waals surface area contributed by atoms with E-state index < -0.39 is 11.9 Å². The van der Waals surface area contributed by atoms with Crippen LogP contribution in [0.4, 0.5) is 10.1 Å². The molecule has 0 saturated carbocycles. The van der Waals surface area contributed by atoms with Crippen LogP contribution in [-0.2, 0) is 4.79 Å². The lowest BCUT2D eigenvalue weighted by Crippen LogP contribution is -2.58. The van der Waals surface area contributed by atoms with Gasteiger partial charge < -0.3 is 9.80 Å². The highest BCUT2D eigenvalue weighted by atomic mass is 35.5. The zero-order valence-electron chi connectivity index (χ0n) is 14.3. The van der Waals surface area contributed by atoms with Crippen molar-refractivity contribution in [3.05, 3.63) is 63.4 Å². The second-order valence-electron chi connectivity index (χ2n) is 6.25. The number of rotatable bonds is 2. The van der Waals surface area contributed by atoms with Crippen molar-refractivity contribution < 1.29 is 14.0 Å². The molecule has 1 heterocycles. The standard InChI is InChI=1S/C19H17Cl2FN2O2/c1-11-3-6-16(22)17(9-11)24-8-7-23(12(2)18(24)25)19(26)13-4-5-14(20)15(21)10-13/h3-6,9-10,12H,7-8H2,1-2H3/t12-/m1/s1. The second-order valence-corrected chi connectivity index (χ2v) is 7.06. The largest absolute Gasteiger partial charge is 0.325 e. The number of piperazine rings is 1. The minimum absolute atomic E-state index is 0.219. The van der Waals surface area contributed by atoms with Crippen LogP contribution in [0.1, 0.15) is 22.8 Å². The van der Waals surface area contributed by atoms with Crippen molar-refractivity contribution in [3.8, 4) is 0 Å². The van der Waals surface area contributed by atoms with Crippen LogP contribution in [0.5, 0.6) is 0 Å². The summed E-state index contributed by atoms with van der Waals surface area (Å²) in [6.07, 6.45) is 0. The Morgan fingerprint density at radius 1 is 1.12 bits per heavy atom. The third-order valence-corrected chi connectivity index (χ3v) is 5.21. The van der Waals surface area contributed by atoms with Crippen LogP contribution in [0.25, 0.3) is 0 Å². The van der Waals surface area contributed by atoms with Gasteiger partial charge in [0.1, 0.15) is 11.9 Å². The molecule has 4 nitrogen and oxygen atoms in total. The summed E-state index contributed by atoms with van der Waals surface area (Å²) in [6, 6.07) is 8.51. The number of nitrogens with zero attached hydrogens (tertiary/aromatic N) is 2. The van der Waals surface area contributed by atoms with Crippen molar-refractivity contribution in [2.45, 2.75) is 19.9 Å². The molecule has 26 heavy (non-hydrogen) atoms. The molecule has 1 atom stereocenters. The van der Waals surface area contributed by atoms with Gasteiger partial charge in [-0.1, -0.05) is 29.3 Å². The van der Waals surface area contributed by atoms with Gasteiger partial charge in [0.15, 0.2) is 0 Å². The van der Waals surface area contributed by atoms with E-state index in [9.17, 15) is 14.0 Å². The molecule has 136 valence electrons. The van der Waals surface area contributed by atoms with E-state index in [1.165, 1.54) is 21.9 Å². The fourth-order valence-corrected chi connectivity index (χ4v) is 3.31. The molecular formula is C19H17Cl2FN2O2. The number of hydrogen-bond acceptors (Lipinski definition) is 2. The number of carbonyl (C=O) groups excluding carboxylic acids is 2. The van der Waals surface area contributed by atoms with Gasteiger partial charge in [-0.05, 0) is 49.7 Å². The third-order valence-electron chi connectivity index (χ3n) is 4.48. The van der Waals surface area contributed by atoms with Crippen LogP contribution in [0.15, 0.2) is 36.4 Å². The normalized spacial score (nSPS) is 17.6. The maximum Gasteiger partial charge on any atom is 0.254 e. The summed E-state index contributed by atoms with van der Waals surface area (Å²) in [5, 5.41) is 0.629. The third kappa shape index (κ3) is 3.41. The molecule has 0 unspecified atom stereocenters. The Balaban J connectivity index is 1.84. The topological polar surface area (TPSA) is 40.6 Å². The molecule has 0 radical (unpaired) electrons. The Hall–Kier alpha value is -2.11. The van der Waals surface area contributed by atoms with Crippen molar-refractivity contribution in [2.24, 2.45) is 0 Å². The van der Waals surface area contributed by atoms with E-state index in [4.69, 9.17) is 23.2 Å². The van der Waals surface area contributed by atoms with Crippen LogP contribution in [-0.4, -0.2) is 35.8 Å². The van der Waals surface area contributed by atoms with Crippen LogP contribution >= 0.6 is 23.2 Å². The summed E-state index contributed by atoms with van der Waals surface area (Å²) >= 11 is 11.9. The maximum absolute atomic E-state index is 14.2. The zero-order chi connectivity index (χ0) is 19.0. The number of carbonyl (C=O) groups is 2. The summed E-state index contributed by atoms with van der Waals surface area (Å²) in [5.41, 5.74) is 1.45. The molecule has 0 aromatic heterocycles. The smallest absolute Gasteiger partial charge is 0.254 e. The average Bonchev–Trinajstić information content (AvgIpc) is 2.61. The number of benzene rings is 2. The molecule has 1 fully saturated rings. The van der Waals surface area contributed by atoms with E-state index in [0.29, 0.717) is 17.1 Å². The Kier molecular flexibility index (Phi) is 5.21. The van der Waals surface area contributed by atoms with E-state index >= 15 is 0 Å². The van der Waals surface area contributed by atoms with E-state index in [1.807, 2.05) is 6.92 Å². The minimum atomic E-state index is -0.717. The Bertz CT molecular complexity index is 888. The zero-order valence-corrected chi connectivity index (χ0v) is 15.8. The maximum atomic E-state index is 14.2. The molecule has 0 N–H and O–H groups in total. The van der Waals surface area contributed by atoms with Crippen LogP contribution in [0, 0.1) is 12.7 Å². The number of hydrogen-bond donors (Lipinski definition) is 0. The molecule has 2 aromatic carbocycles. The molecule has 1 aliphatic rings. The molecule has 0 aliphatic carbocycles. The summed E-state index contributed by atoms with van der Waals surface area (Å²) in [6.45, 7) is 3.98. The lowest BCUT2D eigenvalue weighted by molar-refractivity contribution is -0.124. The summed E-state index contributed by atoms with van der Waals surface area (Å²) in [7, 11) is 0. The highest BCUT2D eigenvalue weighted by molar-refractivity contribution is 6.42. The lowest BCUT2D eigenvalue weighted by atomic mass is 10.1. The number of anilines is 1. The van der Waals surface area contributed by atoms with E-state index in [0.717, 1.165) is 5.56 Å². The van der Waals surface area contributed by atoms with E-state index in [1.54, 1.807) is 31.2 Å². The molecule has 1 aliphatic heterocycles. The first-order chi connectivity index (χ1) is 12.3. The summed E-state index contributed by atoms with van der Waals surface area (Å²) in [5.74, 6) is -1.09. The first kappa shape index (κ1) is 18.7. The van der Waals surface area contributed by atoms with Gasteiger partial charge in [-0.2, -0.15) is 0 Å². The van der Waals surface area contributed by atoms with Gasteiger partial charge in [0.2, 0.25) is 5.91 Å². The predicted molar refractivity (Wildman–Crippen MR) is 100 cm³/mol. The van der Waals surface area contributed by atoms with Gasteiger partial charge in [-0.15, -0.1) is 0 Å². The molecule has 0 spiro atoms. The lowest BCUT2D eigenvalue weighted by Gasteiger charge is -2.39. The van der Waals surface area contributed by atoms with Gasteiger partial charge in [0.05, 0.1) is 15.7 Å². The van der Waals surface area contributed by atoms with Crippen LogP contribution < -0.4 is 4.90 Å². The predicted octanol–water partition coefficient (Wildman–Crippen LogP) is 4.32. The van der Waals surface area contributed by atoms with Crippen molar-refractivity contribution in [3.63, 3.8) is 0 Å². The van der Waals surface area contributed by atoms with Crippen molar-refractivity contribution in [2.75, 3.05) is 18.0 Å².